The first kappa shape index (κ1) is 25.0. The summed E-state index contributed by atoms with van der Waals surface area (Å²) in [6.45, 7) is 2.10. The van der Waals surface area contributed by atoms with Gasteiger partial charge in [-0.25, -0.2) is 0 Å². The Morgan fingerprint density at radius 2 is 1.50 bits per heavy atom. The first-order chi connectivity index (χ1) is 9.55. The molecule has 22 heavy (non-hydrogen) atoms. The van der Waals surface area contributed by atoms with Crippen molar-refractivity contribution in [3.8, 4) is 0 Å². The third-order valence-corrected chi connectivity index (χ3v) is 3.65. The van der Waals surface area contributed by atoms with Gasteiger partial charge in [0.25, 0.3) is 0 Å². The van der Waals surface area contributed by atoms with Crippen LogP contribution in [-0.2, 0) is 15.0 Å². The molecule has 0 fully saturated rings. The molecule has 0 amide bonds. The Bertz CT molecular complexity index is 447. The molecule has 2 N–H and O–H groups in total. The number of benzene rings is 1. The molecule has 0 aliphatic carbocycles. The summed E-state index contributed by atoms with van der Waals surface area (Å²) >= 11 is 0. The monoisotopic (exact) mass is 342 g/mol. The first-order valence-electron chi connectivity index (χ1n) is 7.08. The first-order valence-corrected chi connectivity index (χ1v) is 7.08. The Kier molecular flexibility index (Phi) is 14.9. The summed E-state index contributed by atoms with van der Waals surface area (Å²) < 4.78 is 0. The zero-order chi connectivity index (χ0) is 15.0. The average molecular weight is 342 g/mol. The van der Waals surface area contributed by atoms with E-state index in [4.69, 9.17) is 0 Å². The number of aliphatic carboxylic acids is 2. The summed E-state index contributed by atoms with van der Waals surface area (Å²) in [5.41, 5.74) is -1.48. The molecule has 1 aromatic carbocycles. The maximum absolute atomic E-state index is 11.6. The van der Waals surface area contributed by atoms with Crippen molar-refractivity contribution in [1.29, 1.82) is 0 Å². The maximum atomic E-state index is 11.6. The Morgan fingerprint density at radius 3 is 1.95 bits per heavy atom. The number of hydrogen-bond donors (Lipinski definition) is 2. The van der Waals surface area contributed by atoms with Crippen LogP contribution in [0.1, 0.15) is 53.9 Å². The topological polar surface area (TPSA) is 74.6 Å². The van der Waals surface area contributed by atoms with E-state index < -0.39 is 17.4 Å². The molecule has 0 saturated carbocycles. The van der Waals surface area contributed by atoms with E-state index in [1.165, 1.54) is 0 Å². The summed E-state index contributed by atoms with van der Waals surface area (Å²) in [6.07, 6.45) is 4.81. The minimum atomic E-state index is -1.83. The second-order valence-electron chi connectivity index (χ2n) is 5.05. The molecule has 0 saturated heterocycles. The van der Waals surface area contributed by atoms with Gasteiger partial charge in [-0.1, -0.05) is 69.4 Å². The van der Waals surface area contributed by atoms with Gasteiger partial charge in [-0.2, -0.15) is 0 Å². The minimum Gasteiger partial charge on any atom is -1.00 e. The van der Waals surface area contributed by atoms with E-state index in [9.17, 15) is 19.8 Å². The van der Waals surface area contributed by atoms with Gasteiger partial charge in [0, 0.05) is 0 Å². The summed E-state index contributed by atoms with van der Waals surface area (Å²) in [4.78, 5) is 23.2. The van der Waals surface area contributed by atoms with Crippen molar-refractivity contribution in [3.63, 3.8) is 0 Å². The molecule has 0 heterocycles. The van der Waals surface area contributed by atoms with Crippen LogP contribution in [0.25, 0.3) is 0 Å². The Morgan fingerprint density at radius 1 is 1.00 bits per heavy atom. The summed E-state index contributed by atoms with van der Waals surface area (Å²) in [5.74, 6) is -2.57. The van der Waals surface area contributed by atoms with Gasteiger partial charge in [-0.15, -0.1) is 0 Å². The van der Waals surface area contributed by atoms with Crippen LogP contribution in [0.2, 0.25) is 0 Å². The third-order valence-electron chi connectivity index (χ3n) is 3.65. The zero-order valence-electron chi connectivity index (χ0n) is 15.8. The van der Waals surface area contributed by atoms with Gasteiger partial charge in [0.2, 0.25) is 0 Å². The molecule has 0 aromatic heterocycles. The third kappa shape index (κ3) is 6.73. The number of carboxylic acids is 2. The van der Waals surface area contributed by atoms with Crippen molar-refractivity contribution < 1.29 is 104 Å². The van der Waals surface area contributed by atoms with Gasteiger partial charge in [0.05, 0.1) is 0 Å². The van der Waals surface area contributed by atoms with Gasteiger partial charge in [0.1, 0.15) is 0 Å². The molecular weight excluding hydrogens is 318 g/mol. The van der Waals surface area contributed by atoms with E-state index in [1.807, 2.05) is 0 Å². The number of carbonyl (C=O) groups is 2. The number of rotatable bonds is 9. The maximum Gasteiger partial charge on any atom is 1.00 e. The molecule has 0 unspecified atom stereocenters. The van der Waals surface area contributed by atoms with E-state index in [0.717, 1.165) is 25.7 Å². The summed E-state index contributed by atoms with van der Waals surface area (Å²) in [6, 6.07) is 8.25. The second kappa shape index (κ2) is 13.1. The van der Waals surface area contributed by atoms with Crippen molar-refractivity contribution in [3.05, 3.63) is 35.9 Å². The fraction of sp³-hybridized carbons (Fsp3) is 0.500. The van der Waals surface area contributed by atoms with E-state index in [1.54, 1.807) is 30.3 Å². The van der Waals surface area contributed by atoms with Crippen LogP contribution in [0, 0.1) is 0 Å². The predicted molar refractivity (Wildman–Crippen MR) is 79.0 cm³/mol. The quantitative estimate of drug-likeness (QED) is 0.300. The molecule has 4 nitrogen and oxygen atoms in total. The normalized spacial score (nSPS) is 10.2. The average Bonchev–Trinajstić information content (AvgIpc) is 2.43. The number of hydrogen-bond acceptors (Lipinski definition) is 2. The van der Waals surface area contributed by atoms with E-state index >= 15 is 0 Å². The molecule has 0 radical (unpaired) electrons. The van der Waals surface area contributed by atoms with Gasteiger partial charge >= 0.3 is 92.9 Å². The molecule has 0 aliphatic heterocycles. The van der Waals surface area contributed by atoms with Gasteiger partial charge in [-0.3, -0.25) is 9.59 Å². The standard InChI is InChI=1S/C16H22O4.K.Na.2H/c1-2-3-4-5-9-12-16(14(17)18,15(19)20)13-10-7-6-8-11-13;;;;/h6-8,10-11H,2-5,9,12H2,1H3,(H,17,18)(H,19,20);;;;/q;2*+1;2*-1. The van der Waals surface area contributed by atoms with Crippen LogP contribution in [0.15, 0.2) is 30.3 Å². The molecule has 0 bridgehead atoms. The summed E-state index contributed by atoms with van der Waals surface area (Å²) in [5, 5.41) is 18.9. The van der Waals surface area contributed by atoms with E-state index in [2.05, 4.69) is 6.92 Å². The molecule has 1 rings (SSSR count). The number of carboxylic acid groups (broad SMARTS) is 2. The fourth-order valence-electron chi connectivity index (χ4n) is 2.41. The van der Waals surface area contributed by atoms with Crippen LogP contribution < -0.4 is 80.9 Å². The largest absolute Gasteiger partial charge is 1.00 e. The Hall–Kier alpha value is 0.796. The fourth-order valence-corrected chi connectivity index (χ4v) is 2.41. The molecule has 6 heteroatoms. The van der Waals surface area contributed by atoms with E-state index in [-0.39, 0.29) is 90.2 Å². The Labute approximate surface area is 199 Å². The van der Waals surface area contributed by atoms with Crippen molar-refractivity contribution >= 4 is 11.9 Å². The van der Waals surface area contributed by atoms with Crippen LogP contribution in [0.5, 0.6) is 0 Å². The molecule has 114 valence electrons. The van der Waals surface area contributed by atoms with Gasteiger partial charge in [-0.05, 0) is 12.0 Å². The van der Waals surface area contributed by atoms with Crippen molar-refractivity contribution in [2.75, 3.05) is 0 Å². The van der Waals surface area contributed by atoms with E-state index in [0.29, 0.717) is 12.0 Å². The predicted octanol–water partition coefficient (Wildman–Crippen LogP) is -2.31. The smallest absolute Gasteiger partial charge is 1.00 e. The molecule has 0 spiro atoms. The Balaban J connectivity index is -0.000000500. The molecule has 0 aliphatic rings. The van der Waals surface area contributed by atoms with Crippen molar-refractivity contribution in [1.82, 2.24) is 0 Å². The molecule has 0 atom stereocenters. The minimum absolute atomic E-state index is 0. The molecular formula is C16H24KNaO4. The van der Waals surface area contributed by atoms with Crippen molar-refractivity contribution in [2.45, 2.75) is 50.9 Å². The van der Waals surface area contributed by atoms with Crippen LogP contribution >= 0.6 is 0 Å². The SMILES string of the molecule is CCCCCCCC(C(=O)O)(C(=O)O)c1ccccc1.[H-].[H-].[K+].[Na+]. The zero-order valence-corrected chi connectivity index (χ0v) is 19.0. The van der Waals surface area contributed by atoms with Crippen LogP contribution in [0.4, 0.5) is 0 Å². The van der Waals surface area contributed by atoms with Gasteiger partial charge in [0.15, 0.2) is 5.41 Å². The van der Waals surface area contributed by atoms with Gasteiger partial charge < -0.3 is 13.1 Å². The van der Waals surface area contributed by atoms with Crippen LogP contribution in [0.3, 0.4) is 0 Å². The molecule has 1 aromatic rings. The van der Waals surface area contributed by atoms with Crippen molar-refractivity contribution in [2.24, 2.45) is 0 Å². The van der Waals surface area contributed by atoms with Crippen LogP contribution in [-0.4, -0.2) is 22.2 Å². The second-order valence-corrected chi connectivity index (χ2v) is 5.05. The summed E-state index contributed by atoms with van der Waals surface area (Å²) in [7, 11) is 0. The number of unbranched alkanes of at least 4 members (excludes halogenated alkanes) is 4.